The number of rotatable bonds is 12. The first kappa shape index (κ1) is 24.6. The Hall–Kier alpha value is -3.66. The predicted molar refractivity (Wildman–Crippen MR) is 117 cm³/mol. The van der Waals surface area contributed by atoms with Crippen molar-refractivity contribution in [3.63, 3.8) is 0 Å². The second kappa shape index (κ2) is 12.3. The molecule has 0 amide bonds. The van der Waals surface area contributed by atoms with Crippen LogP contribution in [0.25, 0.3) is 0 Å². The molecule has 2 rings (SSSR count). The molecular formula is C25H26FNO5. The minimum absolute atomic E-state index is 0.145. The van der Waals surface area contributed by atoms with E-state index in [2.05, 4.69) is 12.6 Å². The Kier molecular flexibility index (Phi) is 9.43. The zero-order valence-corrected chi connectivity index (χ0v) is 18.0. The topological polar surface area (TPSA) is 85.6 Å². The molecule has 2 aromatic rings. The number of carbonyl (C=O) groups excluding carboxylic acids is 2. The molecule has 0 fully saturated rings. The minimum Gasteiger partial charge on any atom is -0.493 e. The van der Waals surface area contributed by atoms with Crippen molar-refractivity contribution < 1.29 is 28.2 Å². The highest BCUT2D eigenvalue weighted by atomic mass is 19.1. The molecule has 7 heteroatoms. The number of carbonyl (C=O) groups is 2. The number of para-hydroxylation sites is 2. The van der Waals surface area contributed by atoms with Crippen LogP contribution in [0.15, 0.2) is 61.2 Å². The molecule has 0 radical (unpaired) electrons. The summed E-state index contributed by atoms with van der Waals surface area (Å²) in [7, 11) is 0. The van der Waals surface area contributed by atoms with Gasteiger partial charge in [-0.15, -0.1) is 0 Å². The first-order valence-corrected chi connectivity index (χ1v) is 10.4. The van der Waals surface area contributed by atoms with Gasteiger partial charge >= 0.3 is 11.9 Å². The summed E-state index contributed by atoms with van der Waals surface area (Å²) in [6, 6.07) is 14.2. The molecule has 1 unspecified atom stereocenters. The first-order valence-electron chi connectivity index (χ1n) is 10.4. The van der Waals surface area contributed by atoms with Crippen LogP contribution in [0.5, 0.6) is 11.5 Å². The van der Waals surface area contributed by atoms with E-state index < -0.39 is 23.4 Å². The molecule has 0 aliphatic rings. The quantitative estimate of drug-likeness (QED) is 0.191. The summed E-state index contributed by atoms with van der Waals surface area (Å²) in [5.41, 5.74) is -1.11. The van der Waals surface area contributed by atoms with Crippen LogP contribution in [0.4, 0.5) is 4.39 Å². The Bertz CT molecular complexity index is 984. The summed E-state index contributed by atoms with van der Waals surface area (Å²) in [6.45, 7) is 5.54. The van der Waals surface area contributed by atoms with Gasteiger partial charge in [-0.1, -0.05) is 44.2 Å². The number of hydrogen-bond acceptors (Lipinski definition) is 6. The number of nitrogens with zero attached hydrogens (tertiary/aromatic N) is 1. The highest BCUT2D eigenvalue weighted by molar-refractivity contribution is 5.94. The van der Waals surface area contributed by atoms with E-state index in [-0.39, 0.29) is 30.1 Å². The van der Waals surface area contributed by atoms with E-state index in [0.717, 1.165) is 18.9 Å². The van der Waals surface area contributed by atoms with E-state index >= 15 is 0 Å². The highest BCUT2D eigenvalue weighted by Gasteiger charge is 2.33. The number of nitriles is 1. The number of unbranched alkanes of at least 4 members (excludes halogenated alkanes) is 1. The summed E-state index contributed by atoms with van der Waals surface area (Å²) in [4.78, 5) is 24.2. The van der Waals surface area contributed by atoms with Crippen molar-refractivity contribution in [3.8, 4) is 17.6 Å². The maximum Gasteiger partial charge on any atom is 0.347 e. The van der Waals surface area contributed by atoms with Gasteiger partial charge in [0.05, 0.1) is 6.61 Å². The molecule has 0 aromatic heterocycles. The van der Waals surface area contributed by atoms with E-state index in [1.807, 2.05) is 6.92 Å². The summed E-state index contributed by atoms with van der Waals surface area (Å²) in [5, 5.41) is 9.65. The van der Waals surface area contributed by atoms with E-state index in [0.29, 0.717) is 12.8 Å². The molecule has 0 spiro atoms. The van der Waals surface area contributed by atoms with Crippen LogP contribution in [0.2, 0.25) is 0 Å². The summed E-state index contributed by atoms with van der Waals surface area (Å²) in [6.07, 6.45) is 3.69. The minimum atomic E-state index is -1.26. The van der Waals surface area contributed by atoms with Gasteiger partial charge in [0.15, 0.2) is 17.2 Å². The number of ether oxygens (including phenoxy) is 3. The van der Waals surface area contributed by atoms with Crippen LogP contribution in [0, 0.1) is 17.1 Å². The fourth-order valence-electron chi connectivity index (χ4n) is 3.04. The van der Waals surface area contributed by atoms with E-state index in [4.69, 9.17) is 14.2 Å². The predicted octanol–water partition coefficient (Wildman–Crippen LogP) is 5.39. The Morgan fingerprint density at radius 3 is 2.41 bits per heavy atom. The fourth-order valence-corrected chi connectivity index (χ4v) is 3.04. The van der Waals surface area contributed by atoms with Crippen molar-refractivity contribution in [2.75, 3.05) is 6.61 Å². The van der Waals surface area contributed by atoms with Crippen LogP contribution in [0.3, 0.4) is 0 Å². The third-order valence-electron chi connectivity index (χ3n) is 4.73. The molecule has 2 aromatic carbocycles. The van der Waals surface area contributed by atoms with Crippen LogP contribution >= 0.6 is 0 Å². The fraction of sp³-hybridized carbons (Fsp3) is 0.320. The largest absolute Gasteiger partial charge is 0.493 e. The molecule has 0 N–H and O–H groups in total. The zero-order chi connectivity index (χ0) is 23.4. The van der Waals surface area contributed by atoms with Crippen molar-refractivity contribution in [1.82, 2.24) is 0 Å². The van der Waals surface area contributed by atoms with Crippen LogP contribution < -0.4 is 9.47 Å². The molecule has 0 heterocycles. The Balaban J connectivity index is 2.02. The molecule has 0 saturated carbocycles. The zero-order valence-electron chi connectivity index (χ0n) is 18.0. The van der Waals surface area contributed by atoms with Crippen LogP contribution in [-0.4, -0.2) is 24.1 Å². The first-order chi connectivity index (χ1) is 15.4. The number of benzene rings is 2. The van der Waals surface area contributed by atoms with Crippen LogP contribution in [0.1, 0.15) is 49.4 Å². The molecule has 0 aliphatic heterocycles. The average Bonchev–Trinajstić information content (AvgIpc) is 2.81. The van der Waals surface area contributed by atoms with Crippen molar-refractivity contribution >= 4 is 11.9 Å². The second-order valence-corrected chi connectivity index (χ2v) is 7.10. The Morgan fingerprint density at radius 2 is 1.75 bits per heavy atom. The normalized spacial score (nSPS) is 12.2. The molecular weight excluding hydrogens is 413 g/mol. The number of hydrogen-bond donors (Lipinski definition) is 0. The smallest absolute Gasteiger partial charge is 0.347 e. The molecule has 168 valence electrons. The lowest BCUT2D eigenvalue weighted by atomic mass is 9.92. The van der Waals surface area contributed by atoms with Gasteiger partial charge in [-0.25, -0.2) is 14.0 Å². The maximum absolute atomic E-state index is 13.8. The van der Waals surface area contributed by atoms with Crippen LogP contribution in [-0.2, 0) is 9.53 Å². The summed E-state index contributed by atoms with van der Waals surface area (Å²) in [5.74, 6) is -1.95. The van der Waals surface area contributed by atoms with Gasteiger partial charge in [-0.05, 0) is 37.1 Å². The van der Waals surface area contributed by atoms with Gasteiger partial charge in [-0.2, -0.15) is 5.26 Å². The second-order valence-electron chi connectivity index (χ2n) is 7.10. The van der Waals surface area contributed by atoms with Crippen molar-refractivity contribution in [2.45, 2.75) is 44.6 Å². The highest BCUT2D eigenvalue weighted by Crippen LogP contribution is 2.27. The van der Waals surface area contributed by atoms with E-state index in [1.165, 1.54) is 24.3 Å². The SMILES string of the molecule is C=CC(=O)OC(C#N)(CCCC)CCCOc1ccccc1C(=O)Oc1ccccc1F. The molecule has 0 bridgehead atoms. The lowest BCUT2D eigenvalue weighted by molar-refractivity contribution is -0.149. The maximum atomic E-state index is 13.8. The van der Waals surface area contributed by atoms with Gasteiger partial charge in [0.25, 0.3) is 0 Å². The standard InChI is InChI=1S/C25H26FNO5/c1-3-5-15-25(18-27,32-23(28)4-2)16-10-17-30-21-13-8-6-11-19(21)24(29)31-22-14-9-7-12-20(22)26/h4,6-9,11-14H,2-3,5,10,15-17H2,1H3. The monoisotopic (exact) mass is 439 g/mol. The van der Waals surface area contributed by atoms with E-state index in [1.54, 1.807) is 24.3 Å². The summed E-state index contributed by atoms with van der Waals surface area (Å²) < 4.78 is 30.0. The van der Waals surface area contributed by atoms with Crippen molar-refractivity contribution in [2.24, 2.45) is 0 Å². The summed E-state index contributed by atoms with van der Waals surface area (Å²) >= 11 is 0. The lowest BCUT2D eigenvalue weighted by Crippen LogP contribution is -2.33. The van der Waals surface area contributed by atoms with Gasteiger partial charge in [0, 0.05) is 18.9 Å². The molecule has 32 heavy (non-hydrogen) atoms. The third kappa shape index (κ3) is 6.95. The number of halogens is 1. The van der Waals surface area contributed by atoms with E-state index in [9.17, 15) is 19.2 Å². The number of esters is 2. The third-order valence-corrected chi connectivity index (χ3v) is 4.73. The van der Waals surface area contributed by atoms with Gasteiger partial charge in [0.1, 0.15) is 17.4 Å². The van der Waals surface area contributed by atoms with Gasteiger partial charge in [-0.3, -0.25) is 0 Å². The molecule has 1 atom stereocenters. The molecule has 6 nitrogen and oxygen atoms in total. The average molecular weight is 439 g/mol. The van der Waals surface area contributed by atoms with Crippen molar-refractivity contribution in [1.29, 1.82) is 5.26 Å². The Labute approximate surface area is 187 Å². The van der Waals surface area contributed by atoms with Gasteiger partial charge in [0.2, 0.25) is 0 Å². The van der Waals surface area contributed by atoms with Crippen molar-refractivity contribution in [3.05, 3.63) is 72.6 Å². The molecule has 0 saturated heterocycles. The molecule has 0 aliphatic carbocycles. The van der Waals surface area contributed by atoms with Gasteiger partial charge < -0.3 is 14.2 Å². The lowest BCUT2D eigenvalue weighted by Gasteiger charge is -2.26. The Morgan fingerprint density at radius 1 is 1.09 bits per heavy atom.